The summed E-state index contributed by atoms with van der Waals surface area (Å²) in [5.41, 5.74) is -0.698. The summed E-state index contributed by atoms with van der Waals surface area (Å²) in [5, 5.41) is 10.9. The third-order valence-electron chi connectivity index (χ3n) is 3.51. The fourth-order valence-electron chi connectivity index (χ4n) is 2.32. The minimum absolute atomic E-state index is 0.0859. The number of ether oxygens (including phenoxy) is 1. The zero-order chi connectivity index (χ0) is 21.9. The van der Waals surface area contributed by atoms with Crippen LogP contribution in [-0.4, -0.2) is 32.0 Å². The van der Waals surface area contributed by atoms with Crippen LogP contribution in [-0.2, 0) is 19.6 Å². The first-order valence-corrected chi connectivity index (χ1v) is 10.6. The van der Waals surface area contributed by atoms with Gasteiger partial charge in [0.05, 0.1) is 26.8 Å². The topological polar surface area (TPSA) is 107 Å². The van der Waals surface area contributed by atoms with E-state index in [2.05, 4.69) is 0 Å². The zero-order valence-corrected chi connectivity index (χ0v) is 18.2. The van der Waals surface area contributed by atoms with E-state index in [-0.39, 0.29) is 20.8 Å². The normalized spacial score (nSPS) is 11.4. The van der Waals surface area contributed by atoms with Crippen molar-refractivity contribution in [2.75, 3.05) is 10.8 Å². The number of non-ortho nitro benzene ring substituents is 1. The maximum atomic E-state index is 13.3. The number of sulfonamides is 1. The quantitative estimate of drug-likeness (QED) is 0.322. The molecule has 0 atom stereocenters. The Balaban J connectivity index is 2.68. The fraction of sp³-hybridized carbons (Fsp3) is 0.235. The van der Waals surface area contributed by atoms with Crippen molar-refractivity contribution >= 4 is 62.2 Å². The second kappa shape index (κ2) is 9.17. The van der Waals surface area contributed by atoms with Crippen LogP contribution in [0.25, 0.3) is 0 Å². The maximum absolute atomic E-state index is 13.3. The lowest BCUT2D eigenvalue weighted by atomic mass is 10.3. The van der Waals surface area contributed by atoms with Crippen molar-refractivity contribution in [1.29, 1.82) is 0 Å². The maximum Gasteiger partial charge on any atom is 0.327 e. The molecule has 29 heavy (non-hydrogen) atoms. The molecule has 0 aliphatic heterocycles. The van der Waals surface area contributed by atoms with Crippen LogP contribution in [0.3, 0.4) is 0 Å². The number of hydrogen-bond acceptors (Lipinski definition) is 6. The van der Waals surface area contributed by atoms with Crippen LogP contribution in [0.15, 0.2) is 41.3 Å². The van der Waals surface area contributed by atoms with Crippen molar-refractivity contribution in [3.8, 4) is 0 Å². The summed E-state index contributed by atoms with van der Waals surface area (Å²) in [5.74, 6) is -0.885. The average Bonchev–Trinajstić information content (AvgIpc) is 2.61. The molecule has 8 nitrogen and oxygen atoms in total. The lowest BCUT2D eigenvalue weighted by molar-refractivity contribution is -0.384. The number of carbonyl (C=O) groups is 1. The molecule has 0 unspecified atom stereocenters. The van der Waals surface area contributed by atoms with Gasteiger partial charge in [-0.15, -0.1) is 0 Å². The Morgan fingerprint density at radius 1 is 1.14 bits per heavy atom. The summed E-state index contributed by atoms with van der Waals surface area (Å²) in [6, 6.07) is 6.98. The van der Waals surface area contributed by atoms with Gasteiger partial charge in [0.2, 0.25) is 0 Å². The summed E-state index contributed by atoms with van der Waals surface area (Å²) < 4.78 is 32.2. The van der Waals surface area contributed by atoms with Crippen molar-refractivity contribution in [2.24, 2.45) is 0 Å². The standard InChI is InChI=1S/C17H15Cl3N2O6S/c1-10(2)28-17(23)9-21(15-8-12(22(24)25)4-6-13(15)19)29(26,27)16-7-11(18)3-5-14(16)20/h3-8,10H,9H2,1-2H3. The minimum atomic E-state index is -4.49. The number of benzene rings is 2. The number of rotatable bonds is 7. The van der Waals surface area contributed by atoms with E-state index in [0.29, 0.717) is 4.31 Å². The number of nitro benzene ring substituents is 1. The van der Waals surface area contributed by atoms with Gasteiger partial charge < -0.3 is 4.74 Å². The van der Waals surface area contributed by atoms with E-state index in [1.54, 1.807) is 13.8 Å². The summed E-state index contributed by atoms with van der Waals surface area (Å²) in [6.45, 7) is 2.39. The van der Waals surface area contributed by atoms with Crippen molar-refractivity contribution < 1.29 is 22.9 Å². The molecule has 156 valence electrons. The predicted octanol–water partition coefficient (Wildman–Crippen LogP) is 4.70. The van der Waals surface area contributed by atoms with E-state index < -0.39 is 44.1 Å². The van der Waals surface area contributed by atoms with Gasteiger partial charge in [-0.3, -0.25) is 19.2 Å². The van der Waals surface area contributed by atoms with E-state index in [0.717, 1.165) is 24.3 Å². The molecule has 0 saturated carbocycles. The molecule has 0 aliphatic carbocycles. The number of nitrogens with zero attached hydrogens (tertiary/aromatic N) is 2. The second-order valence-corrected chi connectivity index (χ2v) is 9.10. The molecular formula is C17H15Cl3N2O6S. The molecule has 2 aromatic carbocycles. The van der Waals surface area contributed by atoms with Crippen molar-refractivity contribution in [3.05, 3.63) is 61.6 Å². The van der Waals surface area contributed by atoms with Gasteiger partial charge in [0.25, 0.3) is 15.7 Å². The van der Waals surface area contributed by atoms with Gasteiger partial charge in [-0.1, -0.05) is 34.8 Å². The highest BCUT2D eigenvalue weighted by Gasteiger charge is 2.32. The Labute approximate surface area is 182 Å². The summed E-state index contributed by atoms with van der Waals surface area (Å²) in [7, 11) is -4.49. The monoisotopic (exact) mass is 480 g/mol. The summed E-state index contributed by atoms with van der Waals surface area (Å²) in [6.07, 6.45) is -0.512. The molecule has 12 heteroatoms. The molecular weight excluding hydrogens is 467 g/mol. The van der Waals surface area contributed by atoms with Crippen LogP contribution in [0.4, 0.5) is 11.4 Å². The molecule has 0 N–H and O–H groups in total. The summed E-state index contributed by atoms with van der Waals surface area (Å²) >= 11 is 18.0. The number of esters is 1. The van der Waals surface area contributed by atoms with Crippen LogP contribution in [0.1, 0.15) is 13.8 Å². The molecule has 0 heterocycles. The summed E-state index contributed by atoms with van der Waals surface area (Å²) in [4.78, 5) is 22.3. The van der Waals surface area contributed by atoms with Gasteiger partial charge in [0.15, 0.2) is 0 Å². The minimum Gasteiger partial charge on any atom is -0.462 e. The number of nitro groups is 1. The van der Waals surface area contributed by atoms with E-state index in [1.165, 1.54) is 12.1 Å². The second-order valence-electron chi connectivity index (χ2n) is 6.02. The molecule has 0 radical (unpaired) electrons. The van der Waals surface area contributed by atoms with Gasteiger partial charge in [0, 0.05) is 17.2 Å². The first-order valence-electron chi connectivity index (χ1n) is 8.04. The number of halogens is 3. The molecule has 0 amide bonds. The van der Waals surface area contributed by atoms with Gasteiger partial charge in [-0.05, 0) is 38.1 Å². The van der Waals surface area contributed by atoms with Crippen LogP contribution in [0.2, 0.25) is 15.1 Å². The smallest absolute Gasteiger partial charge is 0.327 e. The van der Waals surface area contributed by atoms with Crippen molar-refractivity contribution in [1.82, 2.24) is 0 Å². The van der Waals surface area contributed by atoms with Crippen LogP contribution < -0.4 is 4.31 Å². The van der Waals surface area contributed by atoms with E-state index in [1.807, 2.05) is 0 Å². The van der Waals surface area contributed by atoms with Gasteiger partial charge in [-0.2, -0.15) is 0 Å². The number of hydrogen-bond donors (Lipinski definition) is 0. The molecule has 2 aromatic rings. The molecule has 0 aliphatic rings. The van der Waals surface area contributed by atoms with E-state index in [9.17, 15) is 23.3 Å². The molecule has 0 aromatic heterocycles. The molecule has 0 fully saturated rings. The first kappa shape index (κ1) is 23.2. The number of anilines is 1. The van der Waals surface area contributed by atoms with E-state index in [4.69, 9.17) is 39.5 Å². The SMILES string of the molecule is CC(C)OC(=O)CN(c1cc([N+](=O)[O-])ccc1Cl)S(=O)(=O)c1cc(Cl)ccc1Cl. The fourth-order valence-corrected chi connectivity index (χ4v) is 4.75. The molecule has 2 rings (SSSR count). The Morgan fingerprint density at radius 2 is 1.76 bits per heavy atom. The van der Waals surface area contributed by atoms with Crippen LogP contribution in [0, 0.1) is 10.1 Å². The first-order chi connectivity index (χ1) is 13.4. The lowest BCUT2D eigenvalue weighted by Crippen LogP contribution is -2.37. The Kier molecular flexibility index (Phi) is 7.34. The van der Waals surface area contributed by atoms with Crippen LogP contribution in [0.5, 0.6) is 0 Å². The molecule has 0 saturated heterocycles. The lowest BCUT2D eigenvalue weighted by Gasteiger charge is -2.25. The zero-order valence-electron chi connectivity index (χ0n) is 15.1. The Hall–Kier alpha value is -2.07. The van der Waals surface area contributed by atoms with E-state index >= 15 is 0 Å². The highest BCUT2D eigenvalue weighted by atomic mass is 35.5. The third kappa shape index (κ3) is 5.51. The predicted molar refractivity (Wildman–Crippen MR) is 110 cm³/mol. The Morgan fingerprint density at radius 3 is 2.34 bits per heavy atom. The third-order valence-corrected chi connectivity index (χ3v) is 6.31. The number of carbonyl (C=O) groups excluding carboxylic acids is 1. The highest BCUT2D eigenvalue weighted by Crippen LogP contribution is 2.36. The average molecular weight is 482 g/mol. The van der Waals surface area contributed by atoms with Crippen molar-refractivity contribution in [3.63, 3.8) is 0 Å². The van der Waals surface area contributed by atoms with Crippen molar-refractivity contribution in [2.45, 2.75) is 24.8 Å². The van der Waals surface area contributed by atoms with Gasteiger partial charge in [-0.25, -0.2) is 8.42 Å². The van der Waals surface area contributed by atoms with Gasteiger partial charge in [0.1, 0.15) is 11.4 Å². The Bertz CT molecular complexity index is 1060. The van der Waals surface area contributed by atoms with Crippen LogP contribution >= 0.6 is 34.8 Å². The molecule has 0 spiro atoms. The largest absolute Gasteiger partial charge is 0.462 e. The molecule has 0 bridgehead atoms. The highest BCUT2D eigenvalue weighted by molar-refractivity contribution is 7.93. The van der Waals surface area contributed by atoms with Gasteiger partial charge >= 0.3 is 5.97 Å².